The Morgan fingerprint density at radius 1 is 1.21 bits per heavy atom. The Kier molecular flexibility index (Phi) is 6.67. The molecular formula is C24H20ClN3O5S. The van der Waals surface area contributed by atoms with Gasteiger partial charge in [0.2, 0.25) is 0 Å². The van der Waals surface area contributed by atoms with Gasteiger partial charge in [0.05, 0.1) is 29.5 Å². The Labute approximate surface area is 203 Å². The number of thiazole rings is 1. The van der Waals surface area contributed by atoms with Crippen molar-refractivity contribution in [2.45, 2.75) is 19.9 Å². The van der Waals surface area contributed by atoms with Crippen molar-refractivity contribution in [2.24, 2.45) is 4.99 Å². The molecule has 0 spiro atoms. The first-order chi connectivity index (χ1) is 16.3. The molecule has 1 aromatic heterocycles. The summed E-state index contributed by atoms with van der Waals surface area (Å²) in [6, 6.07) is 12.4. The molecule has 0 bridgehead atoms. The summed E-state index contributed by atoms with van der Waals surface area (Å²) in [5.41, 5.74) is 1.92. The van der Waals surface area contributed by atoms with Gasteiger partial charge in [-0.3, -0.25) is 9.36 Å². The number of carboxylic acid groups (broad SMARTS) is 1. The molecule has 0 aliphatic carbocycles. The zero-order valence-corrected chi connectivity index (χ0v) is 19.8. The van der Waals surface area contributed by atoms with Crippen LogP contribution in [0.15, 0.2) is 69.6 Å². The monoisotopic (exact) mass is 497 g/mol. The quantitative estimate of drug-likeness (QED) is 0.506. The number of esters is 1. The first-order valence-corrected chi connectivity index (χ1v) is 11.5. The van der Waals surface area contributed by atoms with Crippen molar-refractivity contribution in [3.05, 3.63) is 95.6 Å². The predicted molar refractivity (Wildman–Crippen MR) is 130 cm³/mol. The fourth-order valence-corrected chi connectivity index (χ4v) is 4.71. The second-order valence-corrected chi connectivity index (χ2v) is 8.83. The highest BCUT2D eigenvalue weighted by Crippen LogP contribution is 2.31. The summed E-state index contributed by atoms with van der Waals surface area (Å²) < 4.78 is 7.12. The van der Waals surface area contributed by atoms with Crippen LogP contribution in [-0.2, 0) is 9.53 Å². The van der Waals surface area contributed by atoms with Crippen LogP contribution in [0.25, 0.3) is 6.20 Å². The van der Waals surface area contributed by atoms with Crippen LogP contribution in [0.3, 0.4) is 0 Å². The standard InChI is InChI=1S/C24H20ClN3O5S/c1-3-33-23(32)19-13(2)27-24-28(20(19)14-4-8-16(25)9-5-14)21(29)18(34-24)12-26-17-10-6-15(7-11-17)22(30)31/h4-12,20,26H,3H2,1-2H3,(H,30,31). The minimum atomic E-state index is -1.02. The average molecular weight is 498 g/mol. The molecule has 0 saturated heterocycles. The Morgan fingerprint density at radius 2 is 1.88 bits per heavy atom. The van der Waals surface area contributed by atoms with Gasteiger partial charge in [-0.25, -0.2) is 14.6 Å². The molecule has 174 valence electrons. The molecule has 34 heavy (non-hydrogen) atoms. The highest BCUT2D eigenvalue weighted by molar-refractivity contribution is 7.07. The number of carboxylic acids is 1. The molecule has 8 nitrogen and oxygen atoms in total. The van der Waals surface area contributed by atoms with E-state index in [1.807, 2.05) is 0 Å². The lowest BCUT2D eigenvalue weighted by atomic mass is 9.96. The molecule has 10 heteroatoms. The fourth-order valence-electron chi connectivity index (χ4n) is 3.61. The van der Waals surface area contributed by atoms with Crippen molar-refractivity contribution in [1.82, 2.24) is 4.57 Å². The number of benzene rings is 2. The molecule has 0 radical (unpaired) electrons. The molecule has 1 aliphatic heterocycles. The summed E-state index contributed by atoms with van der Waals surface area (Å²) in [6.07, 6.45) is 1.54. The Morgan fingerprint density at radius 3 is 2.50 bits per heavy atom. The van der Waals surface area contributed by atoms with E-state index < -0.39 is 18.0 Å². The number of anilines is 1. The number of carbonyl (C=O) groups excluding carboxylic acids is 1. The second-order valence-electron chi connectivity index (χ2n) is 7.38. The third-order valence-corrected chi connectivity index (χ3v) is 6.44. The number of allylic oxidation sites excluding steroid dienone is 1. The molecule has 0 fully saturated rings. The van der Waals surface area contributed by atoms with Gasteiger partial charge in [0.25, 0.3) is 5.56 Å². The molecule has 4 rings (SSSR count). The van der Waals surface area contributed by atoms with Gasteiger partial charge in [-0.2, -0.15) is 0 Å². The first-order valence-electron chi connectivity index (χ1n) is 10.3. The smallest absolute Gasteiger partial charge is 0.338 e. The molecule has 2 aromatic carbocycles. The largest absolute Gasteiger partial charge is 0.478 e. The van der Waals surface area contributed by atoms with E-state index in [0.29, 0.717) is 36.9 Å². The molecular weight excluding hydrogens is 478 g/mol. The van der Waals surface area contributed by atoms with Crippen molar-refractivity contribution in [1.29, 1.82) is 0 Å². The van der Waals surface area contributed by atoms with Gasteiger partial charge in [0.1, 0.15) is 4.53 Å². The topological polar surface area (TPSA) is 110 Å². The fraction of sp³-hybridized carbons (Fsp3) is 0.167. The van der Waals surface area contributed by atoms with Gasteiger partial charge in [-0.15, -0.1) is 0 Å². The third-order valence-electron chi connectivity index (χ3n) is 5.20. The molecule has 2 heterocycles. The van der Waals surface area contributed by atoms with Crippen molar-refractivity contribution >= 4 is 46.8 Å². The number of ether oxygens (including phenoxy) is 1. The first kappa shape index (κ1) is 23.5. The SMILES string of the molecule is CCOC(=O)C1=C(C)N=c2sc(=CNc3ccc(C(=O)O)cc3)c(=O)n2C1c1ccc(Cl)cc1. The number of nitrogens with zero attached hydrogens (tertiary/aromatic N) is 2. The van der Waals surface area contributed by atoms with Crippen LogP contribution >= 0.6 is 22.9 Å². The van der Waals surface area contributed by atoms with Crippen LogP contribution in [0.4, 0.5) is 5.69 Å². The summed E-state index contributed by atoms with van der Waals surface area (Å²) in [7, 11) is 0. The maximum Gasteiger partial charge on any atom is 0.338 e. The van der Waals surface area contributed by atoms with Crippen molar-refractivity contribution in [3.8, 4) is 0 Å². The number of carbonyl (C=O) groups is 2. The van der Waals surface area contributed by atoms with Crippen LogP contribution in [0.1, 0.15) is 35.8 Å². The normalized spacial score (nSPS) is 15.5. The molecule has 3 aromatic rings. The minimum Gasteiger partial charge on any atom is -0.478 e. The molecule has 0 saturated carbocycles. The van der Waals surface area contributed by atoms with Crippen LogP contribution in [0.2, 0.25) is 5.02 Å². The number of hydrogen-bond donors (Lipinski definition) is 2. The van der Waals surface area contributed by atoms with Gasteiger partial charge in [-0.1, -0.05) is 35.1 Å². The average Bonchev–Trinajstić information content (AvgIpc) is 3.12. The maximum atomic E-state index is 13.4. The highest BCUT2D eigenvalue weighted by atomic mass is 35.5. The van der Waals surface area contributed by atoms with E-state index in [1.165, 1.54) is 28.0 Å². The Hall–Kier alpha value is -3.69. The number of nitrogens with one attached hydrogen (secondary N) is 1. The molecule has 0 amide bonds. The number of hydrogen-bond acceptors (Lipinski definition) is 7. The van der Waals surface area contributed by atoms with Gasteiger partial charge < -0.3 is 15.2 Å². The van der Waals surface area contributed by atoms with Crippen LogP contribution in [0, 0.1) is 0 Å². The molecule has 1 aliphatic rings. The molecule has 2 N–H and O–H groups in total. The summed E-state index contributed by atoms with van der Waals surface area (Å²) >= 11 is 7.24. The summed E-state index contributed by atoms with van der Waals surface area (Å²) in [4.78, 5) is 42.3. The maximum absolute atomic E-state index is 13.4. The lowest BCUT2D eigenvalue weighted by Gasteiger charge is -2.24. The lowest BCUT2D eigenvalue weighted by Crippen LogP contribution is -2.40. The number of aromatic carboxylic acids is 1. The molecule has 1 unspecified atom stereocenters. The molecule has 1 atom stereocenters. The van der Waals surface area contributed by atoms with E-state index in [9.17, 15) is 14.4 Å². The van der Waals surface area contributed by atoms with Gasteiger partial charge >= 0.3 is 11.9 Å². The Balaban J connectivity index is 1.81. The highest BCUT2D eigenvalue weighted by Gasteiger charge is 2.33. The number of aromatic nitrogens is 1. The van der Waals surface area contributed by atoms with Crippen molar-refractivity contribution in [3.63, 3.8) is 0 Å². The van der Waals surface area contributed by atoms with Crippen molar-refractivity contribution < 1.29 is 19.4 Å². The van der Waals surface area contributed by atoms with Gasteiger partial charge in [0.15, 0.2) is 4.80 Å². The van der Waals surface area contributed by atoms with Gasteiger partial charge in [0, 0.05) is 16.9 Å². The van der Waals surface area contributed by atoms with Crippen LogP contribution in [0.5, 0.6) is 0 Å². The van der Waals surface area contributed by atoms with Gasteiger partial charge in [-0.05, 0) is 55.8 Å². The van der Waals surface area contributed by atoms with Crippen LogP contribution in [-0.4, -0.2) is 28.2 Å². The zero-order valence-electron chi connectivity index (χ0n) is 18.2. The van der Waals surface area contributed by atoms with Crippen LogP contribution < -0.4 is 20.2 Å². The summed E-state index contributed by atoms with van der Waals surface area (Å²) in [5.74, 6) is -1.55. The van der Waals surface area contributed by atoms with E-state index in [4.69, 9.17) is 21.4 Å². The Bertz CT molecular complexity index is 1470. The minimum absolute atomic E-state index is 0.162. The third kappa shape index (κ3) is 4.52. The second kappa shape index (κ2) is 9.66. The number of halogens is 1. The summed E-state index contributed by atoms with van der Waals surface area (Å²) in [6.45, 7) is 3.63. The zero-order chi connectivity index (χ0) is 24.4. The lowest BCUT2D eigenvalue weighted by molar-refractivity contribution is -0.139. The van der Waals surface area contributed by atoms with E-state index in [0.717, 1.165) is 0 Å². The van der Waals surface area contributed by atoms with E-state index in [2.05, 4.69) is 10.3 Å². The number of rotatable bonds is 6. The van der Waals surface area contributed by atoms with E-state index >= 15 is 0 Å². The summed E-state index contributed by atoms with van der Waals surface area (Å²) in [5, 5.41) is 12.6. The predicted octanol–water partition coefficient (Wildman–Crippen LogP) is 3.17. The van der Waals surface area contributed by atoms with Crippen molar-refractivity contribution in [2.75, 3.05) is 11.9 Å². The van der Waals surface area contributed by atoms with E-state index in [-0.39, 0.29) is 17.7 Å². The van der Waals surface area contributed by atoms with E-state index in [1.54, 1.807) is 56.4 Å². The number of fused-ring (bicyclic) bond motifs is 1.